The topological polar surface area (TPSA) is 89.7 Å². The number of hydrogen-bond donors (Lipinski definition) is 2. The monoisotopic (exact) mass is 219 g/mol. The maximum absolute atomic E-state index is 5.72. The molecule has 6 nitrogen and oxygen atoms in total. The third-order valence-electron chi connectivity index (χ3n) is 2.81. The van der Waals surface area contributed by atoms with Crippen molar-refractivity contribution in [3.8, 4) is 0 Å². The highest BCUT2D eigenvalue weighted by Crippen LogP contribution is 2.18. The molecule has 3 rings (SSSR count). The Labute approximate surface area is 92.3 Å². The number of nitrogen functional groups attached to an aromatic ring is 1. The van der Waals surface area contributed by atoms with Crippen molar-refractivity contribution in [2.24, 2.45) is 0 Å². The first-order chi connectivity index (χ1) is 7.83. The van der Waals surface area contributed by atoms with Gasteiger partial charge in [-0.3, -0.25) is 0 Å². The van der Waals surface area contributed by atoms with Gasteiger partial charge >= 0.3 is 0 Å². The van der Waals surface area contributed by atoms with Gasteiger partial charge in [0.2, 0.25) is 0 Å². The number of aromatic nitrogens is 4. The van der Waals surface area contributed by atoms with E-state index in [2.05, 4.69) is 19.9 Å². The SMILES string of the molecule is Nc1ncnc2nc(CC3CCCO3)[nH]c12. The number of nitrogens with one attached hydrogen (secondary N) is 1. The standard InChI is InChI=1S/C10H13N5O/c11-9-8-10(13-5-12-9)15-7(14-8)4-6-2-1-3-16-6/h5-6H,1-4H2,(H3,11,12,13,14,15). The summed E-state index contributed by atoms with van der Waals surface area (Å²) in [5, 5.41) is 0. The number of hydrogen-bond acceptors (Lipinski definition) is 5. The van der Waals surface area contributed by atoms with Crippen LogP contribution >= 0.6 is 0 Å². The molecule has 3 heterocycles. The molecule has 1 aliphatic heterocycles. The molecule has 6 heteroatoms. The Kier molecular flexibility index (Phi) is 2.21. The molecule has 1 aliphatic rings. The van der Waals surface area contributed by atoms with E-state index < -0.39 is 0 Å². The summed E-state index contributed by atoms with van der Waals surface area (Å²) >= 11 is 0. The zero-order chi connectivity index (χ0) is 11.0. The molecule has 2 aromatic rings. The van der Waals surface area contributed by atoms with Crippen LogP contribution in [0.15, 0.2) is 6.33 Å². The van der Waals surface area contributed by atoms with E-state index in [1.165, 1.54) is 6.33 Å². The lowest BCUT2D eigenvalue weighted by Crippen LogP contribution is -2.09. The smallest absolute Gasteiger partial charge is 0.183 e. The van der Waals surface area contributed by atoms with Crippen molar-refractivity contribution in [2.45, 2.75) is 25.4 Å². The van der Waals surface area contributed by atoms with E-state index in [0.717, 1.165) is 37.2 Å². The number of imidazole rings is 1. The first-order valence-electron chi connectivity index (χ1n) is 5.39. The summed E-state index contributed by atoms with van der Waals surface area (Å²) in [4.78, 5) is 15.5. The van der Waals surface area contributed by atoms with Crippen molar-refractivity contribution < 1.29 is 4.74 Å². The summed E-state index contributed by atoms with van der Waals surface area (Å²) in [6.07, 6.45) is 4.71. The van der Waals surface area contributed by atoms with E-state index in [-0.39, 0.29) is 6.10 Å². The predicted octanol–water partition coefficient (Wildman–Crippen LogP) is 0.657. The Balaban J connectivity index is 1.90. The van der Waals surface area contributed by atoms with Crippen molar-refractivity contribution in [3.63, 3.8) is 0 Å². The molecule has 1 unspecified atom stereocenters. The van der Waals surface area contributed by atoms with Gasteiger partial charge in [0.15, 0.2) is 11.5 Å². The van der Waals surface area contributed by atoms with E-state index in [1.807, 2.05) is 0 Å². The van der Waals surface area contributed by atoms with Crippen LogP contribution < -0.4 is 5.73 Å². The van der Waals surface area contributed by atoms with E-state index in [1.54, 1.807) is 0 Å². The Morgan fingerprint density at radius 3 is 3.19 bits per heavy atom. The fourth-order valence-electron chi connectivity index (χ4n) is 2.01. The average molecular weight is 219 g/mol. The molecule has 2 aromatic heterocycles. The van der Waals surface area contributed by atoms with Crippen molar-refractivity contribution in [2.75, 3.05) is 12.3 Å². The Bertz CT molecular complexity index is 503. The summed E-state index contributed by atoms with van der Waals surface area (Å²) < 4.78 is 5.56. The molecule has 0 spiro atoms. The van der Waals surface area contributed by atoms with Crippen molar-refractivity contribution in [1.82, 2.24) is 19.9 Å². The number of aromatic amines is 1. The van der Waals surface area contributed by atoms with Gasteiger partial charge in [0, 0.05) is 13.0 Å². The van der Waals surface area contributed by atoms with Gasteiger partial charge in [0.1, 0.15) is 17.7 Å². The van der Waals surface area contributed by atoms with Crippen LogP contribution in [-0.2, 0) is 11.2 Å². The zero-order valence-electron chi connectivity index (χ0n) is 8.81. The van der Waals surface area contributed by atoms with Gasteiger partial charge in [-0.1, -0.05) is 0 Å². The first kappa shape index (κ1) is 9.53. The van der Waals surface area contributed by atoms with Gasteiger partial charge < -0.3 is 15.5 Å². The molecule has 0 saturated carbocycles. The van der Waals surface area contributed by atoms with Crippen LogP contribution in [0.3, 0.4) is 0 Å². The predicted molar refractivity (Wildman–Crippen MR) is 58.8 cm³/mol. The fraction of sp³-hybridized carbons (Fsp3) is 0.500. The van der Waals surface area contributed by atoms with Gasteiger partial charge in [0.05, 0.1) is 6.10 Å². The van der Waals surface area contributed by atoms with Crippen LogP contribution in [-0.4, -0.2) is 32.6 Å². The summed E-state index contributed by atoms with van der Waals surface area (Å²) in [6, 6.07) is 0. The molecular weight excluding hydrogens is 206 g/mol. The van der Waals surface area contributed by atoms with Crippen molar-refractivity contribution >= 4 is 17.0 Å². The second kappa shape index (κ2) is 3.71. The highest BCUT2D eigenvalue weighted by Gasteiger charge is 2.18. The van der Waals surface area contributed by atoms with E-state index in [4.69, 9.17) is 10.5 Å². The minimum atomic E-state index is 0.273. The van der Waals surface area contributed by atoms with E-state index in [0.29, 0.717) is 11.5 Å². The molecule has 1 saturated heterocycles. The first-order valence-corrected chi connectivity index (χ1v) is 5.39. The summed E-state index contributed by atoms with van der Waals surface area (Å²) in [7, 11) is 0. The Morgan fingerprint density at radius 1 is 1.50 bits per heavy atom. The van der Waals surface area contributed by atoms with Gasteiger partial charge in [-0.15, -0.1) is 0 Å². The lowest BCUT2D eigenvalue weighted by atomic mass is 10.2. The third-order valence-corrected chi connectivity index (χ3v) is 2.81. The van der Waals surface area contributed by atoms with Crippen LogP contribution in [0.1, 0.15) is 18.7 Å². The van der Waals surface area contributed by atoms with Crippen LogP contribution in [0, 0.1) is 0 Å². The molecule has 0 aromatic carbocycles. The molecule has 3 N–H and O–H groups in total. The fourth-order valence-corrected chi connectivity index (χ4v) is 2.01. The van der Waals surface area contributed by atoms with E-state index >= 15 is 0 Å². The molecule has 0 amide bonds. The van der Waals surface area contributed by atoms with Gasteiger partial charge in [-0.05, 0) is 12.8 Å². The maximum Gasteiger partial charge on any atom is 0.183 e. The summed E-state index contributed by atoms with van der Waals surface area (Å²) in [6.45, 7) is 0.854. The minimum absolute atomic E-state index is 0.273. The maximum atomic E-state index is 5.72. The normalized spacial score (nSPS) is 20.6. The molecule has 0 aliphatic carbocycles. The summed E-state index contributed by atoms with van der Waals surface area (Å²) in [5.41, 5.74) is 7.07. The van der Waals surface area contributed by atoms with Gasteiger partial charge in [0.25, 0.3) is 0 Å². The number of fused-ring (bicyclic) bond motifs is 1. The van der Waals surface area contributed by atoms with Crippen LogP contribution in [0.5, 0.6) is 0 Å². The second-order valence-corrected chi connectivity index (χ2v) is 3.98. The molecule has 0 bridgehead atoms. The number of nitrogens with two attached hydrogens (primary N) is 1. The van der Waals surface area contributed by atoms with E-state index in [9.17, 15) is 0 Å². The molecule has 84 valence electrons. The van der Waals surface area contributed by atoms with Gasteiger partial charge in [-0.2, -0.15) is 0 Å². The number of anilines is 1. The molecule has 1 fully saturated rings. The third kappa shape index (κ3) is 1.61. The average Bonchev–Trinajstić information content (AvgIpc) is 2.88. The lowest BCUT2D eigenvalue weighted by Gasteiger charge is -2.05. The summed E-state index contributed by atoms with van der Waals surface area (Å²) in [5.74, 6) is 1.31. The molecular formula is C10H13N5O. The number of nitrogens with zero attached hydrogens (tertiary/aromatic N) is 3. The number of ether oxygens (including phenoxy) is 1. The quantitative estimate of drug-likeness (QED) is 0.774. The van der Waals surface area contributed by atoms with Crippen LogP contribution in [0.25, 0.3) is 11.2 Å². The molecule has 16 heavy (non-hydrogen) atoms. The Hall–Kier alpha value is -1.69. The number of rotatable bonds is 2. The number of H-pyrrole nitrogens is 1. The van der Waals surface area contributed by atoms with Gasteiger partial charge in [-0.25, -0.2) is 15.0 Å². The van der Waals surface area contributed by atoms with Crippen LogP contribution in [0.4, 0.5) is 5.82 Å². The highest BCUT2D eigenvalue weighted by atomic mass is 16.5. The molecule has 0 radical (unpaired) electrons. The van der Waals surface area contributed by atoms with Crippen LogP contribution in [0.2, 0.25) is 0 Å². The molecule has 1 atom stereocenters. The lowest BCUT2D eigenvalue weighted by molar-refractivity contribution is 0.110. The zero-order valence-corrected chi connectivity index (χ0v) is 8.81. The largest absolute Gasteiger partial charge is 0.382 e. The second-order valence-electron chi connectivity index (χ2n) is 3.98. The Morgan fingerprint density at radius 2 is 2.44 bits per heavy atom. The van der Waals surface area contributed by atoms with Crippen molar-refractivity contribution in [1.29, 1.82) is 0 Å². The highest BCUT2D eigenvalue weighted by molar-refractivity contribution is 5.80. The minimum Gasteiger partial charge on any atom is -0.382 e. The van der Waals surface area contributed by atoms with Crippen molar-refractivity contribution in [3.05, 3.63) is 12.2 Å².